The topological polar surface area (TPSA) is 48.8 Å². The van der Waals surface area contributed by atoms with Gasteiger partial charge in [-0.15, -0.1) is 11.8 Å². The molecule has 0 bridgehead atoms. The predicted molar refractivity (Wildman–Crippen MR) is 128 cm³/mol. The van der Waals surface area contributed by atoms with Crippen LogP contribution in [0.3, 0.4) is 0 Å². The summed E-state index contributed by atoms with van der Waals surface area (Å²) in [7, 11) is 0. The summed E-state index contributed by atoms with van der Waals surface area (Å²) in [5, 5.41) is 10.6. The van der Waals surface area contributed by atoms with E-state index in [0.717, 1.165) is 62.2 Å². The molecule has 3 aromatic rings. The molecule has 1 saturated heterocycles. The van der Waals surface area contributed by atoms with E-state index in [1.54, 1.807) is 11.6 Å². The zero-order valence-electron chi connectivity index (χ0n) is 17.8. The third-order valence-corrected chi connectivity index (χ3v) is 7.32. The van der Waals surface area contributed by atoms with Gasteiger partial charge in [-0.1, -0.05) is 6.07 Å². The summed E-state index contributed by atoms with van der Waals surface area (Å²) >= 11 is 2.00. The van der Waals surface area contributed by atoms with Gasteiger partial charge in [0.15, 0.2) is 0 Å². The van der Waals surface area contributed by atoms with Gasteiger partial charge in [0.1, 0.15) is 5.75 Å². The highest BCUT2D eigenvalue weighted by molar-refractivity contribution is 7.99. The molecule has 2 aliphatic heterocycles. The van der Waals surface area contributed by atoms with Crippen molar-refractivity contribution in [3.63, 3.8) is 0 Å². The van der Waals surface area contributed by atoms with E-state index in [1.807, 2.05) is 36.0 Å². The number of hydrogen-bond donors (Lipinski definition) is 1. The Morgan fingerprint density at radius 3 is 2.77 bits per heavy atom. The van der Waals surface area contributed by atoms with Crippen molar-refractivity contribution in [1.29, 1.82) is 0 Å². The molecule has 31 heavy (non-hydrogen) atoms. The van der Waals surface area contributed by atoms with Gasteiger partial charge >= 0.3 is 0 Å². The van der Waals surface area contributed by atoms with E-state index in [2.05, 4.69) is 33.0 Å². The molecule has 0 unspecified atom stereocenters. The second kappa shape index (κ2) is 9.37. The Morgan fingerprint density at radius 2 is 1.87 bits per heavy atom. The number of benzene rings is 2. The monoisotopic (exact) mass is 435 g/mol. The summed E-state index contributed by atoms with van der Waals surface area (Å²) in [5.41, 5.74) is 3.80. The van der Waals surface area contributed by atoms with Gasteiger partial charge < -0.3 is 14.7 Å². The van der Waals surface area contributed by atoms with Gasteiger partial charge in [-0.3, -0.25) is 4.90 Å². The minimum atomic E-state index is 0.0419. The number of aromatic hydroxyl groups is 1. The SMILES string of the molecule is Oc1ccc2ccc(OCCCCN3CCN(c4cccc5c4CCS5)CC3)cc2n1. The largest absolute Gasteiger partial charge is 0.494 e. The maximum atomic E-state index is 9.55. The molecule has 0 atom stereocenters. The van der Waals surface area contributed by atoms with Crippen LogP contribution < -0.4 is 9.64 Å². The first-order valence-corrected chi connectivity index (χ1v) is 12.2. The van der Waals surface area contributed by atoms with Crippen molar-refractivity contribution in [2.24, 2.45) is 0 Å². The molecule has 0 amide bonds. The number of hydrogen-bond acceptors (Lipinski definition) is 6. The highest BCUT2D eigenvalue weighted by Crippen LogP contribution is 2.37. The van der Waals surface area contributed by atoms with Crippen LogP contribution in [-0.2, 0) is 6.42 Å². The summed E-state index contributed by atoms with van der Waals surface area (Å²) in [6.45, 7) is 6.35. The van der Waals surface area contributed by atoms with Crippen LogP contribution in [0.2, 0.25) is 0 Å². The molecule has 2 aromatic carbocycles. The van der Waals surface area contributed by atoms with Crippen molar-refractivity contribution >= 4 is 28.4 Å². The number of anilines is 1. The standard InChI is InChI=1S/C25H29N3O2S/c29-25-9-7-19-6-8-20(18-22(19)26-25)30-16-2-1-11-27-12-14-28(15-13-27)23-4-3-5-24-21(23)10-17-31-24/h3-9,18H,1-2,10-17H2,(H,26,29). The molecule has 2 aliphatic rings. The summed E-state index contributed by atoms with van der Waals surface area (Å²) in [5.74, 6) is 2.08. The Labute approximate surface area is 188 Å². The van der Waals surface area contributed by atoms with Crippen LogP contribution in [0.25, 0.3) is 10.9 Å². The molecule has 3 heterocycles. The molecule has 162 valence electrons. The van der Waals surface area contributed by atoms with Gasteiger partial charge in [0, 0.05) is 60.0 Å². The van der Waals surface area contributed by atoms with Gasteiger partial charge in [0.25, 0.3) is 0 Å². The van der Waals surface area contributed by atoms with Crippen LogP contribution in [0.1, 0.15) is 18.4 Å². The number of thioether (sulfide) groups is 1. The Bertz CT molecular complexity index is 1050. The smallest absolute Gasteiger partial charge is 0.211 e. The van der Waals surface area contributed by atoms with Crippen LogP contribution in [0.15, 0.2) is 53.4 Å². The molecule has 1 fully saturated rings. The molecule has 5 rings (SSSR count). The number of piperazine rings is 1. The highest BCUT2D eigenvalue weighted by atomic mass is 32.2. The molecular formula is C25H29N3O2S. The first-order valence-electron chi connectivity index (χ1n) is 11.2. The van der Waals surface area contributed by atoms with E-state index >= 15 is 0 Å². The fourth-order valence-electron chi connectivity index (χ4n) is 4.52. The van der Waals surface area contributed by atoms with Gasteiger partial charge in [0.2, 0.25) is 5.88 Å². The van der Waals surface area contributed by atoms with Crippen LogP contribution in [-0.4, -0.2) is 60.1 Å². The summed E-state index contributed by atoms with van der Waals surface area (Å²) in [6, 6.07) is 16.1. The molecule has 1 aromatic heterocycles. The quantitative estimate of drug-likeness (QED) is 0.549. The van der Waals surface area contributed by atoms with Crippen molar-refractivity contribution in [3.8, 4) is 11.6 Å². The average molecular weight is 436 g/mol. The third kappa shape index (κ3) is 4.75. The molecule has 0 radical (unpaired) electrons. The molecule has 1 N–H and O–H groups in total. The van der Waals surface area contributed by atoms with E-state index in [9.17, 15) is 5.11 Å². The predicted octanol–water partition coefficient (Wildman–Crippen LogP) is 4.57. The number of ether oxygens (including phenoxy) is 1. The first-order chi connectivity index (χ1) is 15.3. The average Bonchev–Trinajstić information content (AvgIpc) is 3.28. The lowest BCUT2D eigenvalue weighted by Gasteiger charge is -2.37. The fourth-order valence-corrected chi connectivity index (χ4v) is 5.60. The van der Waals surface area contributed by atoms with Gasteiger partial charge in [-0.05, 0) is 61.7 Å². The van der Waals surface area contributed by atoms with E-state index in [0.29, 0.717) is 6.61 Å². The molecule has 5 nitrogen and oxygen atoms in total. The van der Waals surface area contributed by atoms with Crippen LogP contribution in [0.5, 0.6) is 11.6 Å². The summed E-state index contributed by atoms with van der Waals surface area (Å²) in [6.07, 6.45) is 3.39. The first kappa shape index (κ1) is 20.5. The Morgan fingerprint density at radius 1 is 1.00 bits per heavy atom. The molecule has 0 aliphatic carbocycles. The van der Waals surface area contributed by atoms with Crippen LogP contribution in [0, 0.1) is 0 Å². The van der Waals surface area contributed by atoms with Crippen LogP contribution in [0.4, 0.5) is 5.69 Å². The van der Waals surface area contributed by atoms with E-state index in [1.165, 1.54) is 22.8 Å². The van der Waals surface area contributed by atoms with Crippen molar-refractivity contribution in [2.75, 3.05) is 50.0 Å². The Hall–Kier alpha value is -2.44. The third-order valence-electron chi connectivity index (χ3n) is 6.22. The fraction of sp³-hybridized carbons (Fsp3) is 0.400. The van der Waals surface area contributed by atoms with Crippen LogP contribution >= 0.6 is 11.8 Å². The Kier molecular flexibility index (Phi) is 6.18. The maximum Gasteiger partial charge on any atom is 0.211 e. The number of unbranched alkanes of at least 4 members (excludes halogenated alkanes) is 1. The normalized spacial score (nSPS) is 16.6. The lowest BCUT2D eigenvalue weighted by molar-refractivity contribution is 0.238. The number of aromatic nitrogens is 1. The van der Waals surface area contributed by atoms with Crippen molar-refractivity contribution in [1.82, 2.24) is 9.88 Å². The minimum Gasteiger partial charge on any atom is -0.494 e. The van der Waals surface area contributed by atoms with E-state index in [4.69, 9.17) is 4.74 Å². The minimum absolute atomic E-state index is 0.0419. The second-order valence-corrected chi connectivity index (χ2v) is 9.40. The zero-order chi connectivity index (χ0) is 21.0. The van der Waals surface area contributed by atoms with Gasteiger partial charge in [-0.25, -0.2) is 4.98 Å². The lowest BCUT2D eigenvalue weighted by atomic mass is 10.1. The van der Waals surface area contributed by atoms with Gasteiger partial charge in [-0.2, -0.15) is 0 Å². The zero-order valence-corrected chi connectivity index (χ0v) is 18.6. The maximum absolute atomic E-state index is 9.55. The van der Waals surface area contributed by atoms with E-state index < -0.39 is 0 Å². The molecule has 0 saturated carbocycles. The van der Waals surface area contributed by atoms with Crippen molar-refractivity contribution < 1.29 is 9.84 Å². The number of nitrogens with zero attached hydrogens (tertiary/aromatic N) is 3. The summed E-state index contributed by atoms with van der Waals surface area (Å²) < 4.78 is 5.91. The van der Waals surface area contributed by atoms with Gasteiger partial charge in [0.05, 0.1) is 12.1 Å². The lowest BCUT2D eigenvalue weighted by Crippen LogP contribution is -2.47. The molecular weight excluding hydrogens is 406 g/mol. The highest BCUT2D eigenvalue weighted by Gasteiger charge is 2.22. The van der Waals surface area contributed by atoms with E-state index in [-0.39, 0.29) is 5.88 Å². The number of rotatable bonds is 7. The second-order valence-electron chi connectivity index (χ2n) is 8.26. The van der Waals surface area contributed by atoms with Crippen molar-refractivity contribution in [2.45, 2.75) is 24.2 Å². The Balaban J connectivity index is 1.04. The summed E-state index contributed by atoms with van der Waals surface area (Å²) in [4.78, 5) is 10.8. The molecule has 0 spiro atoms. The molecule has 6 heteroatoms. The number of fused-ring (bicyclic) bond motifs is 2. The van der Waals surface area contributed by atoms with Crippen molar-refractivity contribution in [3.05, 3.63) is 54.1 Å². The number of pyridine rings is 1.